The van der Waals surface area contributed by atoms with Crippen LogP contribution in [0, 0.1) is 0 Å². The molecule has 1 aliphatic heterocycles. The second-order valence-electron chi connectivity index (χ2n) is 5.59. The van der Waals surface area contributed by atoms with Crippen LogP contribution in [0.3, 0.4) is 0 Å². The first kappa shape index (κ1) is 19.7. The summed E-state index contributed by atoms with van der Waals surface area (Å²) in [6.07, 6.45) is 1.89. The largest absolute Gasteiger partial charge is 0.399 e. The predicted molar refractivity (Wildman–Crippen MR) is 94.2 cm³/mol. The van der Waals surface area contributed by atoms with Gasteiger partial charge in [0, 0.05) is 30.4 Å². The number of nitrogens with one attached hydrogen (secondary N) is 1. The molecule has 0 aromatic heterocycles. The van der Waals surface area contributed by atoms with Crippen molar-refractivity contribution >= 4 is 34.0 Å². The van der Waals surface area contributed by atoms with Gasteiger partial charge in [-0.05, 0) is 37.5 Å². The van der Waals surface area contributed by atoms with Crippen molar-refractivity contribution in [2.45, 2.75) is 32.2 Å². The number of nitrogens with two attached hydrogens (primary N) is 1. The molecule has 0 aliphatic carbocycles. The number of benzene rings is 1. The lowest BCUT2D eigenvalue weighted by Gasteiger charge is -2.31. The summed E-state index contributed by atoms with van der Waals surface area (Å²) in [5, 5.41) is 2.95. The van der Waals surface area contributed by atoms with Gasteiger partial charge in [-0.3, -0.25) is 4.79 Å². The van der Waals surface area contributed by atoms with Crippen LogP contribution in [0.5, 0.6) is 0 Å². The Hall–Kier alpha value is -1.31. The van der Waals surface area contributed by atoms with E-state index in [-0.39, 0.29) is 30.1 Å². The van der Waals surface area contributed by atoms with Crippen molar-refractivity contribution in [1.82, 2.24) is 9.62 Å². The second-order valence-corrected chi connectivity index (χ2v) is 7.68. The first-order valence-electron chi connectivity index (χ1n) is 7.56. The highest BCUT2D eigenvalue weighted by atomic mass is 35.5. The van der Waals surface area contributed by atoms with Gasteiger partial charge in [0.05, 0.1) is 5.75 Å². The fourth-order valence-corrected chi connectivity index (χ4v) is 4.16. The summed E-state index contributed by atoms with van der Waals surface area (Å²) in [6.45, 7) is 2.78. The van der Waals surface area contributed by atoms with E-state index < -0.39 is 10.0 Å². The molecule has 0 bridgehead atoms. The Morgan fingerprint density at radius 1 is 1.35 bits per heavy atom. The number of halogens is 1. The number of nitrogen functional groups attached to an aromatic ring is 1. The topological polar surface area (TPSA) is 92.5 Å². The average molecular weight is 362 g/mol. The molecule has 1 fully saturated rings. The van der Waals surface area contributed by atoms with Gasteiger partial charge in [0.15, 0.2) is 0 Å². The number of rotatable bonds is 5. The van der Waals surface area contributed by atoms with Gasteiger partial charge in [-0.1, -0.05) is 13.0 Å². The molecule has 1 aliphatic rings. The number of carbonyl (C=O) groups excluding carboxylic acids is 1. The first-order valence-corrected chi connectivity index (χ1v) is 9.17. The maximum Gasteiger partial charge on any atom is 0.251 e. The standard InChI is InChI=1S/C15H23N3O3S.ClH/c1-2-10-22(20,21)18-8-6-14(7-9-18)17-15(19)12-4-3-5-13(16)11-12;/h3-5,11,14H,2,6-10,16H2,1H3,(H,17,19);1H. The molecule has 130 valence electrons. The number of anilines is 1. The molecule has 2 rings (SSSR count). The van der Waals surface area contributed by atoms with Crippen molar-refractivity contribution in [3.05, 3.63) is 29.8 Å². The van der Waals surface area contributed by atoms with Crippen LogP contribution in [-0.2, 0) is 10.0 Å². The molecule has 1 heterocycles. The molecule has 0 spiro atoms. The summed E-state index contributed by atoms with van der Waals surface area (Å²) < 4.78 is 25.5. The van der Waals surface area contributed by atoms with Gasteiger partial charge in [0.25, 0.3) is 5.91 Å². The van der Waals surface area contributed by atoms with E-state index in [4.69, 9.17) is 5.73 Å². The highest BCUT2D eigenvalue weighted by molar-refractivity contribution is 7.89. The second kappa shape index (κ2) is 8.52. The minimum Gasteiger partial charge on any atom is -0.399 e. The Morgan fingerprint density at radius 2 is 2.00 bits per heavy atom. The van der Waals surface area contributed by atoms with E-state index in [0.717, 1.165) is 0 Å². The van der Waals surface area contributed by atoms with Crippen LogP contribution in [0.25, 0.3) is 0 Å². The molecule has 0 saturated carbocycles. The zero-order valence-corrected chi connectivity index (χ0v) is 14.8. The number of carbonyl (C=O) groups is 1. The van der Waals surface area contributed by atoms with Gasteiger partial charge in [0.2, 0.25) is 10.0 Å². The maximum absolute atomic E-state index is 12.1. The van der Waals surface area contributed by atoms with E-state index in [0.29, 0.717) is 43.6 Å². The number of hydrogen-bond acceptors (Lipinski definition) is 4. The van der Waals surface area contributed by atoms with Crippen molar-refractivity contribution in [2.75, 3.05) is 24.6 Å². The third kappa shape index (κ3) is 5.37. The van der Waals surface area contributed by atoms with Gasteiger partial charge in [-0.25, -0.2) is 12.7 Å². The lowest BCUT2D eigenvalue weighted by atomic mass is 10.1. The van der Waals surface area contributed by atoms with E-state index >= 15 is 0 Å². The van der Waals surface area contributed by atoms with E-state index in [1.54, 1.807) is 24.3 Å². The van der Waals surface area contributed by atoms with E-state index in [2.05, 4.69) is 5.32 Å². The molecule has 1 aromatic rings. The molecule has 1 saturated heterocycles. The normalized spacial score (nSPS) is 16.6. The predicted octanol–water partition coefficient (Wildman–Crippen LogP) is 1.62. The molecular formula is C15H24ClN3O3S. The number of piperidine rings is 1. The quantitative estimate of drug-likeness (QED) is 0.779. The van der Waals surface area contributed by atoms with Crippen LogP contribution in [0.2, 0.25) is 0 Å². The Morgan fingerprint density at radius 3 is 2.57 bits per heavy atom. The SMILES string of the molecule is CCCS(=O)(=O)N1CCC(NC(=O)c2cccc(N)c2)CC1.Cl. The zero-order valence-electron chi connectivity index (χ0n) is 13.2. The third-order valence-corrected chi connectivity index (χ3v) is 5.87. The lowest BCUT2D eigenvalue weighted by molar-refractivity contribution is 0.0924. The highest BCUT2D eigenvalue weighted by Crippen LogP contribution is 2.16. The molecule has 8 heteroatoms. The summed E-state index contributed by atoms with van der Waals surface area (Å²) in [6, 6.07) is 6.82. The van der Waals surface area contributed by atoms with Crippen LogP contribution in [-0.4, -0.2) is 43.5 Å². The third-order valence-electron chi connectivity index (χ3n) is 3.79. The van der Waals surface area contributed by atoms with E-state index in [1.807, 2.05) is 6.92 Å². The highest BCUT2D eigenvalue weighted by Gasteiger charge is 2.28. The summed E-state index contributed by atoms with van der Waals surface area (Å²) in [4.78, 5) is 12.1. The molecule has 0 atom stereocenters. The zero-order chi connectivity index (χ0) is 16.2. The van der Waals surface area contributed by atoms with Gasteiger partial charge in [-0.2, -0.15) is 0 Å². The number of amides is 1. The van der Waals surface area contributed by atoms with E-state index in [9.17, 15) is 13.2 Å². The Balaban J connectivity index is 0.00000264. The number of hydrogen-bond donors (Lipinski definition) is 2. The lowest BCUT2D eigenvalue weighted by Crippen LogP contribution is -2.47. The monoisotopic (exact) mass is 361 g/mol. The Labute approximate surface area is 143 Å². The van der Waals surface area contributed by atoms with Crippen molar-refractivity contribution in [1.29, 1.82) is 0 Å². The van der Waals surface area contributed by atoms with Gasteiger partial charge < -0.3 is 11.1 Å². The van der Waals surface area contributed by atoms with Crippen LogP contribution in [0.1, 0.15) is 36.5 Å². The van der Waals surface area contributed by atoms with Gasteiger partial charge in [-0.15, -0.1) is 12.4 Å². The Kier molecular flexibility index (Phi) is 7.31. The molecule has 1 amide bonds. The molecule has 6 nitrogen and oxygen atoms in total. The number of sulfonamides is 1. The van der Waals surface area contributed by atoms with Gasteiger partial charge in [0.1, 0.15) is 0 Å². The summed E-state index contributed by atoms with van der Waals surface area (Å²) in [5.41, 5.74) is 6.75. The molecular weight excluding hydrogens is 338 g/mol. The smallest absolute Gasteiger partial charge is 0.251 e. The average Bonchev–Trinajstić information content (AvgIpc) is 2.47. The van der Waals surface area contributed by atoms with Gasteiger partial charge >= 0.3 is 0 Å². The molecule has 0 radical (unpaired) electrons. The number of nitrogens with zero attached hydrogens (tertiary/aromatic N) is 1. The van der Waals surface area contributed by atoms with Crippen molar-refractivity contribution in [3.63, 3.8) is 0 Å². The molecule has 3 N–H and O–H groups in total. The van der Waals surface area contributed by atoms with Crippen LogP contribution in [0.4, 0.5) is 5.69 Å². The minimum absolute atomic E-state index is 0. The minimum atomic E-state index is -3.14. The molecule has 0 unspecified atom stereocenters. The maximum atomic E-state index is 12.1. The molecule has 1 aromatic carbocycles. The summed E-state index contributed by atoms with van der Waals surface area (Å²) in [5.74, 6) is 0.0232. The van der Waals surface area contributed by atoms with E-state index in [1.165, 1.54) is 4.31 Å². The summed E-state index contributed by atoms with van der Waals surface area (Å²) >= 11 is 0. The van der Waals surface area contributed by atoms with Crippen LogP contribution < -0.4 is 11.1 Å². The Bertz CT molecular complexity index is 629. The molecule has 23 heavy (non-hydrogen) atoms. The fraction of sp³-hybridized carbons (Fsp3) is 0.533. The first-order chi connectivity index (χ1) is 10.4. The van der Waals surface area contributed by atoms with Crippen LogP contribution in [0.15, 0.2) is 24.3 Å². The van der Waals surface area contributed by atoms with Crippen molar-refractivity contribution in [3.8, 4) is 0 Å². The summed E-state index contributed by atoms with van der Waals surface area (Å²) in [7, 11) is -3.14. The van der Waals surface area contributed by atoms with Crippen molar-refractivity contribution in [2.24, 2.45) is 0 Å². The van der Waals surface area contributed by atoms with Crippen molar-refractivity contribution < 1.29 is 13.2 Å². The fourth-order valence-electron chi connectivity index (χ4n) is 2.61. The van der Waals surface area contributed by atoms with Crippen LogP contribution >= 0.6 is 12.4 Å².